The fraction of sp³-hybridized carbons (Fsp3) is 0. The lowest BCUT2D eigenvalue weighted by molar-refractivity contribution is 0.102. The molecule has 0 saturated carbocycles. The van der Waals surface area contributed by atoms with Gasteiger partial charge in [0.2, 0.25) is 10.0 Å². The van der Waals surface area contributed by atoms with E-state index in [1.807, 2.05) is 0 Å². The summed E-state index contributed by atoms with van der Waals surface area (Å²) in [6, 6.07) is 4.95. The predicted molar refractivity (Wildman–Crippen MR) is 76.7 cm³/mol. The first-order chi connectivity index (χ1) is 9.79. The SMILES string of the molecule is NS(=O)(=O)c1ccc(Cl)c(NC(=O)c2ccncc2O)c1. The quantitative estimate of drug-likeness (QED) is 0.785. The summed E-state index contributed by atoms with van der Waals surface area (Å²) < 4.78 is 22.6. The fourth-order valence-electron chi connectivity index (χ4n) is 1.54. The van der Waals surface area contributed by atoms with Crippen LogP contribution >= 0.6 is 11.6 Å². The van der Waals surface area contributed by atoms with Crippen LogP contribution in [0.4, 0.5) is 5.69 Å². The molecule has 0 spiro atoms. The Morgan fingerprint density at radius 1 is 1.33 bits per heavy atom. The van der Waals surface area contributed by atoms with Crippen molar-refractivity contribution < 1.29 is 18.3 Å². The number of nitrogens with two attached hydrogens (primary N) is 1. The van der Waals surface area contributed by atoms with Crippen LogP contribution in [-0.4, -0.2) is 24.4 Å². The van der Waals surface area contributed by atoms with E-state index in [1.165, 1.54) is 24.4 Å². The molecule has 110 valence electrons. The van der Waals surface area contributed by atoms with E-state index in [0.717, 1.165) is 12.3 Å². The van der Waals surface area contributed by atoms with Crippen LogP contribution < -0.4 is 10.5 Å². The molecular weight excluding hydrogens is 318 g/mol. The summed E-state index contributed by atoms with van der Waals surface area (Å²) in [7, 11) is -3.92. The van der Waals surface area contributed by atoms with Crippen LogP contribution in [0.5, 0.6) is 5.75 Å². The molecule has 1 aromatic carbocycles. The van der Waals surface area contributed by atoms with Crippen LogP contribution in [0.15, 0.2) is 41.6 Å². The molecule has 0 bridgehead atoms. The Labute approximate surface area is 125 Å². The second-order valence-electron chi connectivity index (χ2n) is 4.03. The number of primary sulfonamides is 1. The van der Waals surface area contributed by atoms with Crippen LogP contribution in [0.3, 0.4) is 0 Å². The lowest BCUT2D eigenvalue weighted by Gasteiger charge is -2.09. The molecule has 9 heteroatoms. The van der Waals surface area contributed by atoms with Crippen molar-refractivity contribution >= 4 is 33.2 Å². The monoisotopic (exact) mass is 327 g/mol. The fourth-order valence-corrected chi connectivity index (χ4v) is 2.25. The molecule has 0 aliphatic heterocycles. The number of sulfonamides is 1. The summed E-state index contributed by atoms with van der Waals surface area (Å²) >= 11 is 5.89. The van der Waals surface area contributed by atoms with E-state index in [-0.39, 0.29) is 26.9 Å². The third-order valence-corrected chi connectivity index (χ3v) is 3.80. The van der Waals surface area contributed by atoms with E-state index in [2.05, 4.69) is 10.3 Å². The number of amides is 1. The van der Waals surface area contributed by atoms with Gasteiger partial charge in [-0.25, -0.2) is 13.6 Å². The molecule has 0 fully saturated rings. The Morgan fingerprint density at radius 3 is 2.67 bits per heavy atom. The topological polar surface area (TPSA) is 122 Å². The Balaban J connectivity index is 2.36. The Bertz CT molecular complexity index is 808. The summed E-state index contributed by atoms with van der Waals surface area (Å²) in [5.41, 5.74) is 0.0338. The zero-order chi connectivity index (χ0) is 15.6. The Kier molecular flexibility index (Phi) is 4.12. The molecule has 1 heterocycles. The summed E-state index contributed by atoms with van der Waals surface area (Å²) in [5, 5.41) is 17.1. The number of nitrogens with one attached hydrogen (secondary N) is 1. The molecule has 21 heavy (non-hydrogen) atoms. The Hall–Kier alpha value is -2.16. The highest BCUT2D eigenvalue weighted by molar-refractivity contribution is 7.89. The number of aromatic nitrogens is 1. The molecule has 4 N–H and O–H groups in total. The number of hydrogen-bond donors (Lipinski definition) is 3. The van der Waals surface area contributed by atoms with E-state index in [4.69, 9.17) is 16.7 Å². The number of nitrogens with zero attached hydrogens (tertiary/aromatic N) is 1. The molecule has 0 aliphatic carbocycles. The van der Waals surface area contributed by atoms with Gasteiger partial charge in [0.15, 0.2) is 0 Å². The van der Waals surface area contributed by atoms with E-state index in [9.17, 15) is 18.3 Å². The maximum atomic E-state index is 12.0. The number of carbonyl (C=O) groups is 1. The molecule has 2 aromatic rings. The number of hydrogen-bond acceptors (Lipinski definition) is 5. The van der Waals surface area contributed by atoms with Crippen molar-refractivity contribution in [2.75, 3.05) is 5.32 Å². The first-order valence-corrected chi connectivity index (χ1v) is 7.48. The minimum atomic E-state index is -3.92. The zero-order valence-electron chi connectivity index (χ0n) is 10.4. The summed E-state index contributed by atoms with van der Waals surface area (Å²) in [6.45, 7) is 0. The molecule has 0 unspecified atom stereocenters. The maximum Gasteiger partial charge on any atom is 0.259 e. The number of carbonyl (C=O) groups excluding carboxylic acids is 1. The average molecular weight is 328 g/mol. The van der Waals surface area contributed by atoms with Crippen molar-refractivity contribution in [3.63, 3.8) is 0 Å². The van der Waals surface area contributed by atoms with Gasteiger partial charge in [-0.15, -0.1) is 0 Å². The van der Waals surface area contributed by atoms with E-state index in [0.29, 0.717) is 0 Å². The molecule has 2 rings (SSSR count). The minimum absolute atomic E-state index is 0.0259. The smallest absolute Gasteiger partial charge is 0.259 e. The normalized spacial score (nSPS) is 11.1. The van der Waals surface area contributed by atoms with Crippen LogP contribution in [0.1, 0.15) is 10.4 Å². The predicted octanol–water partition coefficient (Wildman–Crippen LogP) is 1.34. The second kappa shape index (κ2) is 5.68. The average Bonchev–Trinajstić information content (AvgIpc) is 2.40. The van der Waals surface area contributed by atoms with Crippen molar-refractivity contribution in [2.24, 2.45) is 5.14 Å². The summed E-state index contributed by atoms with van der Waals surface area (Å²) in [4.78, 5) is 15.5. The number of halogens is 1. The van der Waals surface area contributed by atoms with Crippen molar-refractivity contribution in [3.05, 3.63) is 47.2 Å². The lowest BCUT2D eigenvalue weighted by atomic mass is 10.2. The number of benzene rings is 1. The van der Waals surface area contributed by atoms with E-state index in [1.54, 1.807) is 0 Å². The van der Waals surface area contributed by atoms with Crippen molar-refractivity contribution in [1.29, 1.82) is 0 Å². The van der Waals surface area contributed by atoms with Gasteiger partial charge in [-0.2, -0.15) is 0 Å². The molecule has 1 aromatic heterocycles. The summed E-state index contributed by atoms with van der Waals surface area (Å²) in [5.74, 6) is -0.975. The first kappa shape index (κ1) is 15.2. The lowest BCUT2D eigenvalue weighted by Crippen LogP contribution is -2.15. The van der Waals surface area contributed by atoms with Crippen molar-refractivity contribution in [3.8, 4) is 5.75 Å². The van der Waals surface area contributed by atoms with Gasteiger partial charge >= 0.3 is 0 Å². The number of anilines is 1. The molecule has 7 nitrogen and oxygen atoms in total. The van der Waals surface area contributed by atoms with Gasteiger partial charge in [0, 0.05) is 6.20 Å². The molecule has 0 aliphatic rings. The number of rotatable bonds is 3. The molecule has 1 amide bonds. The van der Waals surface area contributed by atoms with Crippen LogP contribution in [0.2, 0.25) is 5.02 Å². The second-order valence-corrected chi connectivity index (χ2v) is 6.00. The van der Waals surface area contributed by atoms with Crippen LogP contribution in [0, 0.1) is 0 Å². The van der Waals surface area contributed by atoms with Gasteiger partial charge in [-0.1, -0.05) is 11.6 Å². The molecule has 0 atom stereocenters. The van der Waals surface area contributed by atoms with Gasteiger partial charge in [-0.3, -0.25) is 9.78 Å². The molecule has 0 radical (unpaired) electrons. The third kappa shape index (κ3) is 3.48. The van der Waals surface area contributed by atoms with Crippen molar-refractivity contribution in [1.82, 2.24) is 4.98 Å². The maximum absolute atomic E-state index is 12.0. The van der Waals surface area contributed by atoms with Gasteiger partial charge < -0.3 is 10.4 Å². The van der Waals surface area contributed by atoms with E-state index < -0.39 is 15.9 Å². The summed E-state index contributed by atoms with van der Waals surface area (Å²) in [6.07, 6.45) is 2.44. The highest BCUT2D eigenvalue weighted by Gasteiger charge is 2.15. The standard InChI is InChI=1S/C12H10ClN3O4S/c13-9-2-1-7(21(14,19)20)5-10(9)16-12(18)8-3-4-15-6-11(8)17/h1-6,17H,(H,16,18)(H2,14,19,20). The van der Waals surface area contributed by atoms with Crippen LogP contribution in [-0.2, 0) is 10.0 Å². The Morgan fingerprint density at radius 2 is 2.05 bits per heavy atom. The zero-order valence-corrected chi connectivity index (χ0v) is 12.0. The molecular formula is C12H10ClN3O4S. The van der Waals surface area contributed by atoms with Crippen molar-refractivity contribution in [2.45, 2.75) is 4.90 Å². The third-order valence-electron chi connectivity index (χ3n) is 2.56. The number of aromatic hydroxyl groups is 1. The van der Waals surface area contributed by atoms with Gasteiger partial charge in [0.25, 0.3) is 5.91 Å². The minimum Gasteiger partial charge on any atom is -0.505 e. The van der Waals surface area contributed by atoms with Gasteiger partial charge in [0.05, 0.1) is 27.4 Å². The highest BCUT2D eigenvalue weighted by Crippen LogP contribution is 2.26. The molecule has 0 saturated heterocycles. The largest absolute Gasteiger partial charge is 0.505 e. The van der Waals surface area contributed by atoms with Gasteiger partial charge in [0.1, 0.15) is 5.75 Å². The van der Waals surface area contributed by atoms with E-state index >= 15 is 0 Å². The highest BCUT2D eigenvalue weighted by atomic mass is 35.5. The van der Waals surface area contributed by atoms with Crippen LogP contribution in [0.25, 0.3) is 0 Å². The first-order valence-electron chi connectivity index (χ1n) is 5.55. The number of pyridine rings is 1. The van der Waals surface area contributed by atoms with Gasteiger partial charge in [-0.05, 0) is 24.3 Å².